The van der Waals surface area contributed by atoms with Crippen LogP contribution in [0.3, 0.4) is 0 Å². The van der Waals surface area contributed by atoms with E-state index >= 15 is 0 Å². The largest absolute Gasteiger partial charge is 0.366 e. The van der Waals surface area contributed by atoms with Crippen LogP contribution in [0.15, 0.2) is 16.6 Å². The summed E-state index contributed by atoms with van der Waals surface area (Å²) in [5.74, 6) is -1.88. The third-order valence-electron chi connectivity index (χ3n) is 1.49. The van der Waals surface area contributed by atoms with Crippen molar-refractivity contribution in [1.29, 1.82) is 0 Å². The molecular formula is C7H4BrFN2O3. The number of primary amides is 1. The summed E-state index contributed by atoms with van der Waals surface area (Å²) in [7, 11) is 0. The van der Waals surface area contributed by atoms with E-state index in [0.29, 0.717) is 0 Å². The SMILES string of the molecule is NC(=O)c1cc(Br)c(F)c([N+](=O)[O-])c1. The first kappa shape index (κ1) is 10.6. The normalized spacial score (nSPS) is 9.86. The fourth-order valence-corrected chi connectivity index (χ4v) is 1.30. The molecule has 0 spiro atoms. The Balaban J connectivity index is 3.43. The van der Waals surface area contributed by atoms with Crippen molar-refractivity contribution < 1.29 is 14.1 Å². The molecule has 14 heavy (non-hydrogen) atoms. The highest BCUT2D eigenvalue weighted by Gasteiger charge is 2.20. The van der Waals surface area contributed by atoms with Gasteiger partial charge in [-0.05, 0) is 22.0 Å². The van der Waals surface area contributed by atoms with Crippen LogP contribution in [-0.2, 0) is 0 Å². The Bertz CT molecular complexity index is 422. The summed E-state index contributed by atoms with van der Waals surface area (Å²) in [6, 6.07) is 1.88. The summed E-state index contributed by atoms with van der Waals surface area (Å²) in [5.41, 5.74) is 3.99. The van der Waals surface area contributed by atoms with Crippen molar-refractivity contribution in [2.45, 2.75) is 0 Å². The van der Waals surface area contributed by atoms with Crippen molar-refractivity contribution in [3.63, 3.8) is 0 Å². The van der Waals surface area contributed by atoms with Gasteiger partial charge in [0.15, 0.2) is 0 Å². The third kappa shape index (κ3) is 1.87. The van der Waals surface area contributed by atoms with Crippen molar-refractivity contribution in [2.75, 3.05) is 0 Å². The number of benzene rings is 1. The first-order chi connectivity index (χ1) is 6.43. The maximum absolute atomic E-state index is 13.1. The molecule has 0 aliphatic heterocycles. The molecular weight excluding hydrogens is 259 g/mol. The Morgan fingerprint density at radius 1 is 1.57 bits per heavy atom. The minimum atomic E-state index is -1.03. The Kier molecular flexibility index (Phi) is 2.80. The quantitative estimate of drug-likeness (QED) is 0.649. The number of rotatable bonds is 2. The van der Waals surface area contributed by atoms with E-state index < -0.39 is 22.3 Å². The van der Waals surface area contributed by atoms with Crippen LogP contribution in [0.1, 0.15) is 10.4 Å². The maximum Gasteiger partial charge on any atom is 0.306 e. The van der Waals surface area contributed by atoms with E-state index in [1.54, 1.807) is 0 Å². The van der Waals surface area contributed by atoms with Gasteiger partial charge < -0.3 is 5.73 Å². The lowest BCUT2D eigenvalue weighted by Crippen LogP contribution is -2.11. The second-order valence-corrected chi connectivity index (χ2v) is 3.27. The lowest BCUT2D eigenvalue weighted by molar-refractivity contribution is -0.387. The van der Waals surface area contributed by atoms with Gasteiger partial charge in [-0.2, -0.15) is 4.39 Å². The van der Waals surface area contributed by atoms with Crippen LogP contribution in [-0.4, -0.2) is 10.8 Å². The molecule has 1 aromatic carbocycles. The van der Waals surface area contributed by atoms with Crippen molar-refractivity contribution in [3.05, 3.63) is 38.1 Å². The minimum absolute atomic E-state index is 0.120. The second-order valence-electron chi connectivity index (χ2n) is 2.41. The first-order valence-electron chi connectivity index (χ1n) is 3.36. The molecule has 0 fully saturated rings. The number of carbonyl (C=O) groups excluding carboxylic acids is 1. The number of nitro benzene ring substituents is 1. The van der Waals surface area contributed by atoms with Gasteiger partial charge in [0.05, 0.1) is 9.40 Å². The average Bonchev–Trinajstić information content (AvgIpc) is 2.08. The number of hydrogen-bond acceptors (Lipinski definition) is 3. The number of nitrogens with two attached hydrogens (primary N) is 1. The van der Waals surface area contributed by atoms with Crippen LogP contribution < -0.4 is 5.73 Å². The molecule has 0 aliphatic rings. The summed E-state index contributed by atoms with van der Waals surface area (Å²) in [5, 5.41) is 10.3. The first-order valence-corrected chi connectivity index (χ1v) is 4.16. The molecule has 7 heteroatoms. The van der Waals surface area contributed by atoms with Crippen LogP contribution in [0.2, 0.25) is 0 Å². The molecule has 0 saturated carbocycles. The van der Waals surface area contributed by atoms with Gasteiger partial charge in [0.25, 0.3) is 0 Å². The summed E-state index contributed by atoms with van der Waals surface area (Å²) in [6.07, 6.45) is 0. The van der Waals surface area contributed by atoms with Gasteiger partial charge in [0.1, 0.15) is 0 Å². The number of carbonyl (C=O) groups is 1. The number of nitro groups is 1. The monoisotopic (exact) mass is 262 g/mol. The molecule has 74 valence electrons. The zero-order valence-electron chi connectivity index (χ0n) is 6.66. The summed E-state index contributed by atoms with van der Waals surface area (Å²) in [6.45, 7) is 0. The molecule has 0 unspecified atom stereocenters. The Morgan fingerprint density at radius 2 is 2.14 bits per heavy atom. The van der Waals surface area contributed by atoms with E-state index in [1.165, 1.54) is 0 Å². The zero-order chi connectivity index (χ0) is 10.9. The van der Waals surface area contributed by atoms with E-state index in [-0.39, 0.29) is 10.0 Å². The van der Waals surface area contributed by atoms with Gasteiger partial charge in [-0.15, -0.1) is 0 Å². The van der Waals surface area contributed by atoms with Crippen LogP contribution in [0.25, 0.3) is 0 Å². The molecule has 1 amide bonds. The standard InChI is InChI=1S/C7H4BrFN2O3/c8-4-1-3(7(10)12)2-5(6(4)9)11(13)14/h1-2H,(H2,10,12). The van der Waals surface area contributed by atoms with E-state index in [4.69, 9.17) is 5.73 Å². The number of nitrogens with zero attached hydrogens (tertiary/aromatic N) is 1. The lowest BCUT2D eigenvalue weighted by atomic mass is 10.2. The van der Waals surface area contributed by atoms with Crippen LogP contribution in [0.4, 0.5) is 10.1 Å². The van der Waals surface area contributed by atoms with E-state index in [2.05, 4.69) is 15.9 Å². The Morgan fingerprint density at radius 3 is 2.57 bits per heavy atom. The van der Waals surface area contributed by atoms with Gasteiger partial charge in [0, 0.05) is 11.6 Å². The number of halogens is 2. The second kappa shape index (κ2) is 3.70. The molecule has 0 bridgehead atoms. The van der Waals surface area contributed by atoms with Gasteiger partial charge in [-0.1, -0.05) is 0 Å². The lowest BCUT2D eigenvalue weighted by Gasteiger charge is -1.99. The molecule has 0 aromatic heterocycles. The minimum Gasteiger partial charge on any atom is -0.366 e. The number of hydrogen-bond donors (Lipinski definition) is 1. The maximum atomic E-state index is 13.1. The Labute approximate surface area is 86.0 Å². The van der Waals surface area contributed by atoms with Crippen molar-refractivity contribution in [3.8, 4) is 0 Å². The molecule has 0 atom stereocenters. The highest BCUT2D eigenvalue weighted by atomic mass is 79.9. The fourth-order valence-electron chi connectivity index (χ4n) is 0.850. The third-order valence-corrected chi connectivity index (χ3v) is 2.07. The summed E-state index contributed by atoms with van der Waals surface area (Å²) in [4.78, 5) is 20.1. The van der Waals surface area contributed by atoms with Crippen molar-refractivity contribution >= 4 is 27.5 Å². The molecule has 0 saturated heterocycles. The van der Waals surface area contributed by atoms with Crippen molar-refractivity contribution in [2.24, 2.45) is 5.73 Å². The molecule has 1 aromatic rings. The molecule has 0 aliphatic carbocycles. The van der Waals surface area contributed by atoms with E-state index in [0.717, 1.165) is 12.1 Å². The average molecular weight is 263 g/mol. The highest BCUT2D eigenvalue weighted by molar-refractivity contribution is 9.10. The fraction of sp³-hybridized carbons (Fsp3) is 0. The molecule has 5 nitrogen and oxygen atoms in total. The Hall–Kier alpha value is -1.50. The zero-order valence-corrected chi connectivity index (χ0v) is 8.25. The molecule has 2 N–H and O–H groups in total. The molecule has 1 rings (SSSR count). The molecule has 0 radical (unpaired) electrons. The van der Waals surface area contributed by atoms with Gasteiger partial charge >= 0.3 is 5.69 Å². The molecule has 0 heterocycles. The summed E-state index contributed by atoms with van der Waals surface area (Å²) < 4.78 is 12.9. The number of amides is 1. The predicted octanol–water partition coefficient (Wildman–Crippen LogP) is 1.60. The van der Waals surface area contributed by atoms with Crippen LogP contribution in [0, 0.1) is 15.9 Å². The smallest absolute Gasteiger partial charge is 0.306 e. The predicted molar refractivity (Wildman–Crippen MR) is 49.3 cm³/mol. The van der Waals surface area contributed by atoms with Crippen molar-refractivity contribution in [1.82, 2.24) is 0 Å². The van der Waals surface area contributed by atoms with Gasteiger partial charge in [-0.3, -0.25) is 14.9 Å². The van der Waals surface area contributed by atoms with Crippen LogP contribution >= 0.6 is 15.9 Å². The summed E-state index contributed by atoms with van der Waals surface area (Å²) >= 11 is 2.75. The van der Waals surface area contributed by atoms with E-state index in [1.807, 2.05) is 0 Å². The van der Waals surface area contributed by atoms with E-state index in [9.17, 15) is 19.3 Å². The van der Waals surface area contributed by atoms with Gasteiger partial charge in [-0.25, -0.2) is 0 Å². The van der Waals surface area contributed by atoms with Crippen LogP contribution in [0.5, 0.6) is 0 Å². The topological polar surface area (TPSA) is 86.2 Å². The highest BCUT2D eigenvalue weighted by Crippen LogP contribution is 2.26. The van der Waals surface area contributed by atoms with Gasteiger partial charge in [0.2, 0.25) is 11.7 Å².